The monoisotopic (exact) mass is 390 g/mol. The second-order valence-corrected chi connectivity index (χ2v) is 7.52. The fraction of sp³-hybridized carbons (Fsp3) is 0.381. The van der Waals surface area contributed by atoms with Gasteiger partial charge in [-0.15, -0.1) is 0 Å². The van der Waals surface area contributed by atoms with Crippen LogP contribution in [0.5, 0.6) is 0 Å². The molecule has 2 saturated heterocycles. The topological polar surface area (TPSA) is 32.8 Å². The molecule has 2 aliphatic heterocycles. The zero-order valence-corrected chi connectivity index (χ0v) is 15.3. The van der Waals surface area contributed by atoms with Crippen LogP contribution < -0.4 is 4.90 Å². The van der Waals surface area contributed by atoms with E-state index in [0.717, 1.165) is 25.5 Å². The van der Waals surface area contributed by atoms with Crippen LogP contribution in [0.3, 0.4) is 0 Å². The van der Waals surface area contributed by atoms with E-state index in [4.69, 9.17) is 4.74 Å². The summed E-state index contributed by atoms with van der Waals surface area (Å²) in [5.74, 6) is -1.71. The number of carbonyl (C=O) groups is 1. The van der Waals surface area contributed by atoms with Crippen LogP contribution in [0.15, 0.2) is 42.5 Å². The zero-order chi connectivity index (χ0) is 19.7. The number of likely N-dealkylation sites (tertiary alicyclic amines) is 1. The van der Waals surface area contributed by atoms with E-state index in [1.165, 1.54) is 24.3 Å². The second kappa shape index (κ2) is 7.56. The molecule has 2 aromatic rings. The number of halogens is 3. The van der Waals surface area contributed by atoms with Crippen LogP contribution in [-0.4, -0.2) is 42.6 Å². The van der Waals surface area contributed by atoms with E-state index >= 15 is 0 Å². The lowest BCUT2D eigenvalue weighted by molar-refractivity contribution is -0.146. The number of hydrogen-bond acceptors (Lipinski definition) is 3. The van der Waals surface area contributed by atoms with E-state index in [1.54, 1.807) is 17.0 Å². The van der Waals surface area contributed by atoms with Crippen LogP contribution in [-0.2, 0) is 16.1 Å². The predicted molar refractivity (Wildman–Crippen MR) is 98.3 cm³/mol. The highest BCUT2D eigenvalue weighted by molar-refractivity contribution is 5.95. The molecule has 1 atom stereocenters. The minimum Gasteiger partial charge on any atom is -0.362 e. The van der Waals surface area contributed by atoms with E-state index in [0.29, 0.717) is 30.9 Å². The Balaban J connectivity index is 1.50. The van der Waals surface area contributed by atoms with E-state index in [9.17, 15) is 18.0 Å². The van der Waals surface area contributed by atoms with Crippen molar-refractivity contribution in [3.8, 4) is 0 Å². The van der Waals surface area contributed by atoms with Crippen molar-refractivity contribution in [2.75, 3.05) is 31.1 Å². The Kier molecular flexibility index (Phi) is 5.12. The first kappa shape index (κ1) is 19.0. The first-order valence-corrected chi connectivity index (χ1v) is 9.30. The molecule has 0 N–H and O–H groups in total. The first-order chi connectivity index (χ1) is 13.4. The van der Waals surface area contributed by atoms with Crippen molar-refractivity contribution in [3.05, 3.63) is 65.5 Å². The molecule has 4 rings (SSSR count). The Labute approximate surface area is 161 Å². The summed E-state index contributed by atoms with van der Waals surface area (Å²) in [7, 11) is 0. The normalized spacial score (nSPS) is 23.4. The minimum absolute atomic E-state index is 0.0419. The molecular formula is C21H21F3N2O2. The number of rotatable bonds is 3. The number of amides is 1. The van der Waals surface area contributed by atoms with Gasteiger partial charge in [0.2, 0.25) is 0 Å². The third-order valence-corrected chi connectivity index (χ3v) is 5.33. The summed E-state index contributed by atoms with van der Waals surface area (Å²) < 4.78 is 46.2. The highest BCUT2D eigenvalue weighted by Gasteiger charge is 2.43. The number of carbonyl (C=O) groups excluding carboxylic acids is 1. The van der Waals surface area contributed by atoms with Crippen molar-refractivity contribution in [1.29, 1.82) is 0 Å². The van der Waals surface area contributed by atoms with Gasteiger partial charge in [0.25, 0.3) is 5.91 Å². The summed E-state index contributed by atoms with van der Waals surface area (Å²) in [6.07, 6.45) is 1.63. The molecule has 1 spiro atoms. The van der Waals surface area contributed by atoms with Gasteiger partial charge in [0.05, 0.1) is 12.1 Å². The van der Waals surface area contributed by atoms with Crippen LogP contribution in [0.2, 0.25) is 0 Å². The molecule has 0 aromatic heterocycles. The summed E-state index contributed by atoms with van der Waals surface area (Å²) in [6, 6.07) is 9.36. The predicted octanol–water partition coefficient (Wildman–Crippen LogP) is 3.50. The molecule has 4 nitrogen and oxygen atoms in total. The van der Waals surface area contributed by atoms with Gasteiger partial charge < -0.3 is 9.64 Å². The average molecular weight is 390 g/mol. The molecule has 7 heteroatoms. The Bertz CT molecular complexity index is 854. The van der Waals surface area contributed by atoms with E-state index in [2.05, 4.69) is 4.90 Å². The lowest BCUT2D eigenvalue weighted by Crippen LogP contribution is -2.61. The summed E-state index contributed by atoms with van der Waals surface area (Å²) >= 11 is 0. The summed E-state index contributed by atoms with van der Waals surface area (Å²) in [5, 5.41) is 0. The summed E-state index contributed by atoms with van der Waals surface area (Å²) in [6.45, 7) is 2.07. The Morgan fingerprint density at radius 2 is 1.68 bits per heavy atom. The van der Waals surface area contributed by atoms with Gasteiger partial charge in [0.1, 0.15) is 24.1 Å². The van der Waals surface area contributed by atoms with Crippen molar-refractivity contribution >= 4 is 11.6 Å². The third-order valence-electron chi connectivity index (χ3n) is 5.33. The van der Waals surface area contributed by atoms with Gasteiger partial charge in [0, 0.05) is 24.8 Å². The van der Waals surface area contributed by atoms with Gasteiger partial charge in [-0.25, -0.2) is 13.2 Å². The van der Waals surface area contributed by atoms with Crippen molar-refractivity contribution in [2.45, 2.75) is 25.0 Å². The van der Waals surface area contributed by atoms with Gasteiger partial charge in [-0.3, -0.25) is 9.69 Å². The molecule has 1 unspecified atom stereocenters. The van der Waals surface area contributed by atoms with Crippen LogP contribution in [0, 0.1) is 17.5 Å². The fourth-order valence-electron chi connectivity index (χ4n) is 4.10. The minimum atomic E-state index is -0.594. The summed E-state index contributed by atoms with van der Waals surface area (Å²) in [5.41, 5.74) is 0.655. The highest BCUT2D eigenvalue weighted by atomic mass is 19.1. The lowest BCUT2D eigenvalue weighted by atomic mass is 9.90. The largest absolute Gasteiger partial charge is 0.362 e. The number of nitrogens with zero attached hydrogens (tertiary/aromatic N) is 2. The SMILES string of the molecule is O=C1COC2(CCCN(Cc3cc(F)cc(F)c3)C2)CN1c1ccc(F)cc1. The van der Waals surface area contributed by atoms with E-state index in [-0.39, 0.29) is 18.3 Å². The van der Waals surface area contributed by atoms with Gasteiger partial charge >= 0.3 is 0 Å². The molecule has 2 fully saturated rings. The van der Waals surface area contributed by atoms with Crippen molar-refractivity contribution in [2.24, 2.45) is 0 Å². The standard InChI is InChI=1S/C21H21F3N2O2/c22-16-2-4-19(5-3-16)26-14-21(28-12-20(26)27)6-1-7-25(13-21)11-15-8-17(23)10-18(24)9-15/h2-5,8-10H,1,6-7,11-14H2. The van der Waals surface area contributed by atoms with Crippen molar-refractivity contribution < 1.29 is 22.7 Å². The number of anilines is 1. The number of piperidine rings is 1. The van der Waals surface area contributed by atoms with Crippen molar-refractivity contribution in [3.63, 3.8) is 0 Å². The molecule has 0 bridgehead atoms. The first-order valence-electron chi connectivity index (χ1n) is 9.30. The third kappa shape index (κ3) is 4.05. The smallest absolute Gasteiger partial charge is 0.253 e. The van der Waals surface area contributed by atoms with Gasteiger partial charge in [0.15, 0.2) is 0 Å². The van der Waals surface area contributed by atoms with Gasteiger partial charge in [-0.1, -0.05) is 0 Å². The van der Waals surface area contributed by atoms with Crippen LogP contribution >= 0.6 is 0 Å². The molecule has 0 radical (unpaired) electrons. The van der Waals surface area contributed by atoms with Crippen LogP contribution in [0.1, 0.15) is 18.4 Å². The summed E-state index contributed by atoms with van der Waals surface area (Å²) in [4.78, 5) is 16.1. The number of benzene rings is 2. The zero-order valence-electron chi connectivity index (χ0n) is 15.3. The molecule has 2 aliphatic rings. The highest BCUT2D eigenvalue weighted by Crippen LogP contribution is 2.32. The lowest BCUT2D eigenvalue weighted by Gasteiger charge is -2.47. The average Bonchev–Trinajstić information content (AvgIpc) is 2.64. The van der Waals surface area contributed by atoms with Crippen LogP contribution in [0.4, 0.5) is 18.9 Å². The molecule has 1 amide bonds. The molecular weight excluding hydrogens is 369 g/mol. The van der Waals surface area contributed by atoms with Gasteiger partial charge in [-0.05, 0) is 61.3 Å². The number of hydrogen-bond donors (Lipinski definition) is 0. The van der Waals surface area contributed by atoms with Gasteiger partial charge in [-0.2, -0.15) is 0 Å². The Hall–Kier alpha value is -2.38. The molecule has 0 aliphatic carbocycles. The molecule has 2 heterocycles. The maximum absolute atomic E-state index is 13.5. The van der Waals surface area contributed by atoms with E-state index in [1.807, 2.05) is 0 Å². The maximum atomic E-state index is 13.5. The fourth-order valence-corrected chi connectivity index (χ4v) is 4.10. The molecule has 2 aromatic carbocycles. The Morgan fingerprint density at radius 3 is 2.39 bits per heavy atom. The van der Waals surface area contributed by atoms with Crippen LogP contribution in [0.25, 0.3) is 0 Å². The second-order valence-electron chi connectivity index (χ2n) is 7.52. The number of morpholine rings is 1. The molecule has 28 heavy (non-hydrogen) atoms. The van der Waals surface area contributed by atoms with Crippen molar-refractivity contribution in [1.82, 2.24) is 4.90 Å². The quantitative estimate of drug-likeness (QED) is 0.804. The maximum Gasteiger partial charge on any atom is 0.253 e. The number of ether oxygens (including phenoxy) is 1. The molecule has 0 saturated carbocycles. The molecule has 148 valence electrons. The Morgan fingerprint density at radius 1 is 0.964 bits per heavy atom. The van der Waals surface area contributed by atoms with E-state index < -0.39 is 17.2 Å².